The van der Waals surface area contributed by atoms with Crippen molar-refractivity contribution in [3.8, 4) is 5.75 Å². The fourth-order valence-electron chi connectivity index (χ4n) is 3.23. The van der Waals surface area contributed by atoms with Gasteiger partial charge in [-0.3, -0.25) is 9.10 Å². The van der Waals surface area contributed by atoms with Crippen molar-refractivity contribution < 1.29 is 17.9 Å². The second kappa shape index (κ2) is 9.87. The van der Waals surface area contributed by atoms with Gasteiger partial charge in [-0.25, -0.2) is 8.42 Å². The van der Waals surface area contributed by atoms with Crippen LogP contribution in [0.4, 0.5) is 11.4 Å². The number of nitrogens with zero attached hydrogens (tertiary/aromatic N) is 1. The van der Waals surface area contributed by atoms with Crippen LogP contribution < -0.4 is 14.4 Å². The summed E-state index contributed by atoms with van der Waals surface area (Å²) < 4.78 is 31.6. The highest BCUT2D eigenvalue weighted by Crippen LogP contribution is 2.24. The van der Waals surface area contributed by atoms with E-state index < -0.39 is 10.0 Å². The number of rotatable bonds is 8. The van der Waals surface area contributed by atoms with Gasteiger partial charge in [0.1, 0.15) is 5.75 Å². The minimum atomic E-state index is -3.50. The number of sulfonamides is 1. The molecular formula is C25H28N2O4S. The summed E-state index contributed by atoms with van der Waals surface area (Å²) in [5, 5.41) is 2.90. The van der Waals surface area contributed by atoms with Gasteiger partial charge in [0.25, 0.3) is 5.91 Å². The summed E-state index contributed by atoms with van der Waals surface area (Å²) in [7, 11) is -3.50. The third kappa shape index (κ3) is 5.88. The van der Waals surface area contributed by atoms with Crippen molar-refractivity contribution in [2.75, 3.05) is 22.5 Å². The maximum absolute atomic E-state index is 12.6. The van der Waals surface area contributed by atoms with Crippen LogP contribution in [-0.4, -0.2) is 27.2 Å². The molecule has 0 unspecified atom stereocenters. The SMILES string of the molecule is CCOc1ccc(N(Cc2ccc(C(=O)Nc3ccc(C)c(C)c3)cc2)S(C)(=O)=O)cc1. The van der Waals surface area contributed by atoms with Crippen molar-refractivity contribution >= 4 is 27.3 Å². The lowest BCUT2D eigenvalue weighted by Gasteiger charge is -2.23. The van der Waals surface area contributed by atoms with Gasteiger partial charge in [-0.2, -0.15) is 0 Å². The van der Waals surface area contributed by atoms with Crippen molar-refractivity contribution in [2.24, 2.45) is 0 Å². The first-order valence-electron chi connectivity index (χ1n) is 10.4. The molecule has 0 aromatic heterocycles. The molecule has 0 aliphatic heterocycles. The number of carbonyl (C=O) groups excluding carboxylic acids is 1. The highest BCUT2D eigenvalue weighted by atomic mass is 32.2. The highest BCUT2D eigenvalue weighted by Gasteiger charge is 2.18. The number of aryl methyl sites for hydroxylation is 2. The normalized spacial score (nSPS) is 11.1. The second-order valence-electron chi connectivity index (χ2n) is 7.65. The topological polar surface area (TPSA) is 75.7 Å². The summed E-state index contributed by atoms with van der Waals surface area (Å²) in [6.45, 7) is 6.61. The Hall–Kier alpha value is -3.32. The summed E-state index contributed by atoms with van der Waals surface area (Å²) in [4.78, 5) is 12.6. The standard InChI is InChI=1S/C25H28N2O4S/c1-5-31-24-14-12-23(13-15-24)27(32(4,29)30)17-20-7-9-21(10-8-20)25(28)26-22-11-6-18(2)19(3)16-22/h6-16H,5,17H2,1-4H3,(H,26,28). The molecule has 0 fully saturated rings. The number of benzene rings is 3. The average Bonchev–Trinajstić information content (AvgIpc) is 2.75. The van der Waals surface area contributed by atoms with Crippen LogP contribution in [0.1, 0.15) is 34.0 Å². The molecule has 1 amide bonds. The zero-order chi connectivity index (χ0) is 23.3. The molecule has 0 heterocycles. The minimum Gasteiger partial charge on any atom is -0.494 e. The van der Waals surface area contributed by atoms with Gasteiger partial charge < -0.3 is 10.1 Å². The van der Waals surface area contributed by atoms with Crippen LogP contribution in [0.3, 0.4) is 0 Å². The molecule has 7 heteroatoms. The molecule has 0 spiro atoms. The van der Waals surface area contributed by atoms with Crippen molar-refractivity contribution in [1.82, 2.24) is 0 Å². The van der Waals surface area contributed by atoms with E-state index in [1.54, 1.807) is 48.5 Å². The Labute approximate surface area is 189 Å². The van der Waals surface area contributed by atoms with Gasteiger partial charge >= 0.3 is 0 Å². The molecule has 6 nitrogen and oxygen atoms in total. The molecule has 0 bridgehead atoms. The van der Waals surface area contributed by atoms with E-state index in [1.165, 1.54) is 10.6 Å². The van der Waals surface area contributed by atoms with E-state index in [-0.39, 0.29) is 12.5 Å². The average molecular weight is 453 g/mol. The van der Waals surface area contributed by atoms with Crippen molar-refractivity contribution in [2.45, 2.75) is 27.3 Å². The van der Waals surface area contributed by atoms with E-state index in [2.05, 4.69) is 5.32 Å². The summed E-state index contributed by atoms with van der Waals surface area (Å²) >= 11 is 0. The number of amides is 1. The summed E-state index contributed by atoms with van der Waals surface area (Å²) in [5.74, 6) is 0.468. The molecule has 0 saturated carbocycles. The molecule has 3 aromatic rings. The molecule has 1 N–H and O–H groups in total. The molecular weight excluding hydrogens is 424 g/mol. The summed E-state index contributed by atoms with van der Waals surface area (Å²) in [5.41, 5.74) is 4.82. The quantitative estimate of drug-likeness (QED) is 0.526. The summed E-state index contributed by atoms with van der Waals surface area (Å²) in [6.07, 6.45) is 1.18. The van der Waals surface area contributed by atoms with E-state index in [9.17, 15) is 13.2 Å². The molecule has 3 aromatic carbocycles. The first kappa shape index (κ1) is 23.3. The first-order valence-corrected chi connectivity index (χ1v) is 12.2. The molecule has 3 rings (SSSR count). The lowest BCUT2D eigenvalue weighted by Crippen LogP contribution is -2.29. The molecule has 0 atom stereocenters. The lowest BCUT2D eigenvalue weighted by molar-refractivity contribution is 0.102. The third-order valence-electron chi connectivity index (χ3n) is 5.14. The third-order valence-corrected chi connectivity index (χ3v) is 6.28. The Bertz CT molecular complexity index is 1190. The predicted molar refractivity (Wildman–Crippen MR) is 129 cm³/mol. The Morgan fingerprint density at radius 2 is 1.59 bits per heavy atom. The molecule has 0 aliphatic rings. The van der Waals surface area contributed by atoms with Crippen LogP contribution >= 0.6 is 0 Å². The number of anilines is 2. The van der Waals surface area contributed by atoms with Crippen LogP contribution in [0.25, 0.3) is 0 Å². The molecule has 0 saturated heterocycles. The fraction of sp³-hybridized carbons (Fsp3) is 0.240. The smallest absolute Gasteiger partial charge is 0.255 e. The minimum absolute atomic E-state index is 0.159. The van der Waals surface area contributed by atoms with Crippen LogP contribution in [0.5, 0.6) is 5.75 Å². The Balaban J connectivity index is 1.74. The Morgan fingerprint density at radius 1 is 0.938 bits per heavy atom. The number of nitrogens with one attached hydrogen (secondary N) is 1. The highest BCUT2D eigenvalue weighted by molar-refractivity contribution is 7.92. The largest absolute Gasteiger partial charge is 0.494 e. The van der Waals surface area contributed by atoms with Gasteiger partial charge in [-0.05, 0) is 86.0 Å². The maximum Gasteiger partial charge on any atom is 0.255 e. The molecule has 0 radical (unpaired) electrons. The molecule has 168 valence electrons. The van der Waals surface area contributed by atoms with Gasteiger partial charge in [-0.1, -0.05) is 18.2 Å². The Kier molecular flexibility index (Phi) is 7.20. The first-order chi connectivity index (χ1) is 15.2. The van der Waals surface area contributed by atoms with Crippen molar-refractivity contribution in [1.29, 1.82) is 0 Å². The van der Waals surface area contributed by atoms with Gasteiger partial charge in [0.15, 0.2) is 0 Å². The monoisotopic (exact) mass is 452 g/mol. The van der Waals surface area contributed by atoms with Crippen molar-refractivity contribution in [3.05, 3.63) is 89.0 Å². The lowest BCUT2D eigenvalue weighted by atomic mass is 10.1. The van der Waals surface area contributed by atoms with Crippen LogP contribution in [0.2, 0.25) is 0 Å². The zero-order valence-electron chi connectivity index (χ0n) is 18.8. The number of hydrogen-bond donors (Lipinski definition) is 1. The van der Waals surface area contributed by atoms with E-state index in [0.717, 1.165) is 22.4 Å². The predicted octanol–water partition coefficient (Wildman–Crippen LogP) is 4.92. The molecule has 0 aliphatic carbocycles. The maximum atomic E-state index is 12.6. The number of hydrogen-bond acceptors (Lipinski definition) is 4. The van der Waals surface area contributed by atoms with Gasteiger partial charge in [0.05, 0.1) is 25.1 Å². The van der Waals surface area contributed by atoms with Crippen LogP contribution in [0, 0.1) is 13.8 Å². The van der Waals surface area contributed by atoms with Gasteiger partial charge in [-0.15, -0.1) is 0 Å². The van der Waals surface area contributed by atoms with E-state index in [1.807, 2.05) is 39.0 Å². The van der Waals surface area contributed by atoms with E-state index in [0.29, 0.717) is 23.6 Å². The number of ether oxygens (including phenoxy) is 1. The van der Waals surface area contributed by atoms with Gasteiger partial charge in [0.2, 0.25) is 10.0 Å². The Morgan fingerprint density at radius 3 is 2.16 bits per heavy atom. The fourth-order valence-corrected chi connectivity index (χ4v) is 4.11. The molecule has 32 heavy (non-hydrogen) atoms. The van der Waals surface area contributed by atoms with Crippen molar-refractivity contribution in [3.63, 3.8) is 0 Å². The van der Waals surface area contributed by atoms with Crippen LogP contribution in [-0.2, 0) is 16.6 Å². The van der Waals surface area contributed by atoms with Crippen LogP contribution in [0.15, 0.2) is 66.7 Å². The van der Waals surface area contributed by atoms with E-state index >= 15 is 0 Å². The summed E-state index contributed by atoms with van der Waals surface area (Å²) in [6, 6.07) is 19.6. The van der Waals surface area contributed by atoms with Gasteiger partial charge in [0, 0.05) is 11.3 Å². The number of carbonyl (C=O) groups is 1. The van der Waals surface area contributed by atoms with E-state index in [4.69, 9.17) is 4.74 Å². The second-order valence-corrected chi connectivity index (χ2v) is 9.55. The zero-order valence-corrected chi connectivity index (χ0v) is 19.6.